The zero-order valence-electron chi connectivity index (χ0n) is 12.5. The van der Waals surface area contributed by atoms with Crippen molar-refractivity contribution in [3.05, 3.63) is 64.1 Å². The maximum absolute atomic E-state index is 12.7. The zero-order chi connectivity index (χ0) is 17.5. The molecule has 4 nitrogen and oxygen atoms in total. The Labute approximate surface area is 149 Å². The highest BCUT2D eigenvalue weighted by atomic mass is 35.5. The van der Waals surface area contributed by atoms with Crippen molar-refractivity contribution < 1.29 is 17.7 Å². The fourth-order valence-electron chi connectivity index (χ4n) is 2.41. The second kappa shape index (κ2) is 6.16. The van der Waals surface area contributed by atoms with Gasteiger partial charge >= 0.3 is 10.1 Å². The molecule has 0 saturated carbocycles. The van der Waals surface area contributed by atoms with Crippen LogP contribution in [-0.2, 0) is 10.1 Å². The van der Waals surface area contributed by atoms with Gasteiger partial charge in [0, 0.05) is 15.4 Å². The van der Waals surface area contributed by atoms with E-state index in [2.05, 4.69) is 0 Å². The van der Waals surface area contributed by atoms with Crippen molar-refractivity contribution >= 4 is 44.1 Å². The number of hydrogen-bond donors (Lipinski definition) is 1. The lowest BCUT2D eigenvalue weighted by atomic mass is 10.1. The Morgan fingerprint density at radius 2 is 1.50 bits per heavy atom. The normalized spacial score (nSPS) is 11.6. The summed E-state index contributed by atoms with van der Waals surface area (Å²) in [5.41, 5.74) is 0.807. The van der Waals surface area contributed by atoms with Crippen LogP contribution in [0.1, 0.15) is 5.56 Å². The van der Waals surface area contributed by atoms with Gasteiger partial charge in [-0.05, 0) is 66.4 Å². The SMILES string of the molecule is Cc1cc(Cl)cc2c(S(=O)(=O)Oc3ccc(O)cc3)cc(Cl)cc12. The molecular weight excluding hydrogens is 371 g/mol. The third-order valence-electron chi connectivity index (χ3n) is 3.48. The van der Waals surface area contributed by atoms with Crippen LogP contribution in [0.4, 0.5) is 0 Å². The number of fused-ring (bicyclic) bond motifs is 1. The van der Waals surface area contributed by atoms with Crippen LogP contribution in [0.25, 0.3) is 10.8 Å². The van der Waals surface area contributed by atoms with Crippen LogP contribution < -0.4 is 4.18 Å². The number of aryl methyl sites for hydroxylation is 1. The van der Waals surface area contributed by atoms with E-state index >= 15 is 0 Å². The minimum Gasteiger partial charge on any atom is -0.508 e. The molecule has 0 amide bonds. The molecule has 0 spiro atoms. The molecule has 3 rings (SSSR count). The van der Waals surface area contributed by atoms with E-state index in [0.29, 0.717) is 15.8 Å². The van der Waals surface area contributed by atoms with Crippen LogP contribution in [0.15, 0.2) is 53.4 Å². The molecule has 0 bridgehead atoms. The molecule has 0 aliphatic carbocycles. The molecule has 3 aromatic rings. The van der Waals surface area contributed by atoms with Crippen LogP contribution in [0.3, 0.4) is 0 Å². The molecule has 0 radical (unpaired) electrons. The van der Waals surface area contributed by atoms with E-state index < -0.39 is 10.1 Å². The van der Waals surface area contributed by atoms with Gasteiger partial charge < -0.3 is 9.29 Å². The van der Waals surface area contributed by atoms with Crippen molar-refractivity contribution in [2.45, 2.75) is 11.8 Å². The highest BCUT2D eigenvalue weighted by Crippen LogP contribution is 2.33. The predicted octanol–water partition coefficient (Wildman–Crippen LogP) is 4.93. The summed E-state index contributed by atoms with van der Waals surface area (Å²) in [7, 11) is -4.13. The van der Waals surface area contributed by atoms with Gasteiger partial charge in [-0.25, -0.2) is 0 Å². The summed E-state index contributed by atoms with van der Waals surface area (Å²) in [6.07, 6.45) is 0. The van der Waals surface area contributed by atoms with Crippen molar-refractivity contribution in [2.75, 3.05) is 0 Å². The van der Waals surface area contributed by atoms with Crippen molar-refractivity contribution in [3.63, 3.8) is 0 Å². The highest BCUT2D eigenvalue weighted by Gasteiger charge is 2.22. The number of benzene rings is 3. The summed E-state index contributed by atoms with van der Waals surface area (Å²) < 4.78 is 30.5. The fourth-order valence-corrected chi connectivity index (χ4v) is 4.13. The number of rotatable bonds is 3. The minimum absolute atomic E-state index is 0.00959. The predicted molar refractivity (Wildman–Crippen MR) is 94.6 cm³/mol. The molecule has 0 fully saturated rings. The van der Waals surface area contributed by atoms with E-state index in [1.165, 1.54) is 30.3 Å². The molecular formula is C17H12Cl2O4S. The van der Waals surface area contributed by atoms with Gasteiger partial charge in [0.2, 0.25) is 0 Å². The third-order valence-corrected chi connectivity index (χ3v) is 5.21. The van der Waals surface area contributed by atoms with Crippen LogP contribution in [-0.4, -0.2) is 13.5 Å². The molecule has 0 atom stereocenters. The zero-order valence-corrected chi connectivity index (χ0v) is 14.8. The van der Waals surface area contributed by atoms with Crippen molar-refractivity contribution in [1.29, 1.82) is 0 Å². The number of phenols is 1. The number of hydrogen-bond acceptors (Lipinski definition) is 4. The molecule has 0 aromatic heterocycles. The number of aromatic hydroxyl groups is 1. The lowest BCUT2D eigenvalue weighted by Gasteiger charge is -2.12. The van der Waals surface area contributed by atoms with Gasteiger partial charge in [-0.3, -0.25) is 0 Å². The van der Waals surface area contributed by atoms with E-state index in [1.54, 1.807) is 18.2 Å². The second-order valence-corrected chi connectivity index (χ2v) is 7.64. The van der Waals surface area contributed by atoms with Gasteiger partial charge in [0.25, 0.3) is 0 Å². The van der Waals surface area contributed by atoms with Gasteiger partial charge in [0.15, 0.2) is 0 Å². The lowest BCUT2D eigenvalue weighted by molar-refractivity contribution is 0.469. The van der Waals surface area contributed by atoms with Crippen molar-refractivity contribution in [3.8, 4) is 11.5 Å². The van der Waals surface area contributed by atoms with E-state index in [9.17, 15) is 13.5 Å². The minimum atomic E-state index is -4.13. The monoisotopic (exact) mass is 382 g/mol. The van der Waals surface area contributed by atoms with E-state index in [0.717, 1.165) is 5.56 Å². The Hall–Kier alpha value is -1.95. The van der Waals surface area contributed by atoms with Crippen molar-refractivity contribution in [2.24, 2.45) is 0 Å². The highest BCUT2D eigenvalue weighted by molar-refractivity contribution is 7.87. The Balaban J connectivity index is 2.18. The van der Waals surface area contributed by atoms with Crippen LogP contribution in [0, 0.1) is 6.92 Å². The summed E-state index contributed by atoms with van der Waals surface area (Å²) >= 11 is 12.1. The van der Waals surface area contributed by atoms with Gasteiger partial charge in [0.05, 0.1) is 0 Å². The average Bonchev–Trinajstić information content (AvgIpc) is 2.49. The Morgan fingerprint density at radius 1 is 0.917 bits per heavy atom. The molecule has 0 aliphatic rings. The molecule has 0 unspecified atom stereocenters. The van der Waals surface area contributed by atoms with E-state index in [4.69, 9.17) is 27.4 Å². The Bertz CT molecular complexity index is 1030. The first kappa shape index (κ1) is 16.9. The third kappa shape index (κ3) is 3.29. The standard InChI is InChI=1S/C17H12Cl2O4S/c1-10-6-11(18)8-16-15(10)7-12(19)9-17(16)24(21,22)23-14-4-2-13(20)3-5-14/h2-9,20H,1H3. The first-order chi connectivity index (χ1) is 11.3. The Kier molecular flexibility index (Phi) is 4.34. The van der Waals surface area contributed by atoms with E-state index in [-0.39, 0.29) is 21.4 Å². The number of halogens is 2. The maximum atomic E-state index is 12.7. The second-order valence-electron chi connectivity index (χ2n) is 5.25. The maximum Gasteiger partial charge on any atom is 0.339 e. The molecule has 124 valence electrons. The molecule has 24 heavy (non-hydrogen) atoms. The summed E-state index contributed by atoms with van der Waals surface area (Å²) in [6.45, 7) is 1.82. The molecule has 1 N–H and O–H groups in total. The topological polar surface area (TPSA) is 63.6 Å². The average molecular weight is 383 g/mol. The van der Waals surface area contributed by atoms with Gasteiger partial charge in [0.1, 0.15) is 16.4 Å². The summed E-state index contributed by atoms with van der Waals surface area (Å²) in [6, 6.07) is 11.7. The molecule has 7 heteroatoms. The largest absolute Gasteiger partial charge is 0.508 e. The van der Waals surface area contributed by atoms with Crippen LogP contribution >= 0.6 is 23.2 Å². The summed E-state index contributed by atoms with van der Waals surface area (Å²) in [4.78, 5) is -0.0660. The lowest BCUT2D eigenvalue weighted by Crippen LogP contribution is -2.10. The quantitative estimate of drug-likeness (QED) is 0.652. The number of phenolic OH excluding ortho intramolecular Hbond substituents is 1. The van der Waals surface area contributed by atoms with Crippen LogP contribution in [0.2, 0.25) is 10.0 Å². The summed E-state index contributed by atoms with van der Waals surface area (Å²) in [5.74, 6) is 0.0926. The van der Waals surface area contributed by atoms with Crippen LogP contribution in [0.5, 0.6) is 11.5 Å². The molecule has 3 aromatic carbocycles. The molecule has 0 heterocycles. The van der Waals surface area contributed by atoms with Gasteiger partial charge in [-0.1, -0.05) is 23.2 Å². The fraction of sp³-hybridized carbons (Fsp3) is 0.0588. The summed E-state index contributed by atoms with van der Waals surface area (Å²) in [5, 5.41) is 11.1. The smallest absolute Gasteiger partial charge is 0.339 e. The molecule has 0 aliphatic heterocycles. The van der Waals surface area contributed by atoms with Gasteiger partial charge in [-0.2, -0.15) is 8.42 Å². The Morgan fingerprint density at radius 3 is 2.17 bits per heavy atom. The van der Waals surface area contributed by atoms with Gasteiger partial charge in [-0.15, -0.1) is 0 Å². The first-order valence-corrected chi connectivity index (χ1v) is 9.05. The van der Waals surface area contributed by atoms with E-state index in [1.807, 2.05) is 6.92 Å². The van der Waals surface area contributed by atoms with Crippen molar-refractivity contribution in [1.82, 2.24) is 0 Å². The first-order valence-electron chi connectivity index (χ1n) is 6.89. The molecule has 0 saturated heterocycles.